The van der Waals surface area contributed by atoms with E-state index in [1.54, 1.807) is 4.90 Å². The van der Waals surface area contributed by atoms with Crippen LogP contribution in [-0.4, -0.2) is 36.6 Å². The van der Waals surface area contributed by atoms with Gasteiger partial charge >= 0.3 is 0 Å². The molecule has 0 bridgehead atoms. The molecule has 1 fully saturated rings. The third kappa shape index (κ3) is 5.18. The molecule has 4 nitrogen and oxygen atoms in total. The lowest BCUT2D eigenvalue weighted by Crippen LogP contribution is -2.32. The van der Waals surface area contributed by atoms with Crippen molar-refractivity contribution in [2.24, 2.45) is 0 Å². The van der Waals surface area contributed by atoms with Gasteiger partial charge in [0.25, 0.3) is 0 Å². The van der Waals surface area contributed by atoms with Crippen molar-refractivity contribution in [3.05, 3.63) is 0 Å². The molecule has 1 aliphatic rings. The second-order valence-corrected chi connectivity index (χ2v) is 4.41. The fourth-order valence-electron chi connectivity index (χ4n) is 2.12. The van der Waals surface area contributed by atoms with Gasteiger partial charge in [0.2, 0.25) is 5.91 Å². The minimum Gasteiger partial charge on any atom is -0.378 e. The average Bonchev–Trinajstić information content (AvgIpc) is 2.38. The summed E-state index contributed by atoms with van der Waals surface area (Å²) >= 11 is 0. The highest BCUT2D eigenvalue weighted by atomic mass is 16.5. The average molecular weight is 238 g/mol. The Bertz CT molecular complexity index is 267. The Hall–Kier alpha value is -1.08. The van der Waals surface area contributed by atoms with Crippen LogP contribution in [0.2, 0.25) is 0 Å². The van der Waals surface area contributed by atoms with Crippen LogP contribution in [0, 0.1) is 11.3 Å². The molecule has 4 heteroatoms. The van der Waals surface area contributed by atoms with Crippen molar-refractivity contribution < 1.29 is 9.53 Å². The van der Waals surface area contributed by atoms with Gasteiger partial charge in [0, 0.05) is 26.1 Å². The summed E-state index contributed by atoms with van der Waals surface area (Å²) in [6.07, 6.45) is 5.49. The zero-order chi connectivity index (χ0) is 12.5. The topological polar surface area (TPSA) is 53.3 Å². The zero-order valence-electron chi connectivity index (χ0n) is 10.7. The lowest BCUT2D eigenvalue weighted by molar-refractivity contribution is -0.132. The highest BCUT2D eigenvalue weighted by molar-refractivity contribution is 5.76. The monoisotopic (exact) mass is 238 g/mol. The maximum Gasteiger partial charge on any atom is 0.222 e. The number of amides is 1. The van der Waals surface area contributed by atoms with E-state index < -0.39 is 0 Å². The molecule has 0 aromatic carbocycles. The van der Waals surface area contributed by atoms with Gasteiger partial charge in [0.15, 0.2) is 0 Å². The van der Waals surface area contributed by atoms with Crippen LogP contribution >= 0.6 is 0 Å². The first-order valence-corrected chi connectivity index (χ1v) is 6.54. The van der Waals surface area contributed by atoms with Gasteiger partial charge in [-0.25, -0.2) is 0 Å². The van der Waals surface area contributed by atoms with E-state index in [1.807, 2.05) is 6.92 Å². The van der Waals surface area contributed by atoms with Gasteiger partial charge in [0.1, 0.15) is 0 Å². The molecular weight excluding hydrogens is 216 g/mol. The number of rotatable bonds is 6. The van der Waals surface area contributed by atoms with Crippen LogP contribution in [0.4, 0.5) is 0 Å². The summed E-state index contributed by atoms with van der Waals surface area (Å²) in [4.78, 5) is 13.6. The van der Waals surface area contributed by atoms with E-state index in [0.29, 0.717) is 25.9 Å². The fraction of sp³-hybridized carbons (Fsp3) is 0.846. The summed E-state index contributed by atoms with van der Waals surface area (Å²) in [5.41, 5.74) is 0. The molecule has 0 aliphatic carbocycles. The molecule has 0 aromatic rings. The van der Waals surface area contributed by atoms with E-state index >= 15 is 0 Å². The Morgan fingerprint density at radius 3 is 2.94 bits per heavy atom. The molecule has 96 valence electrons. The second kappa shape index (κ2) is 8.08. The second-order valence-electron chi connectivity index (χ2n) is 4.41. The highest BCUT2D eigenvalue weighted by Crippen LogP contribution is 2.17. The van der Waals surface area contributed by atoms with Gasteiger partial charge in [-0.1, -0.05) is 0 Å². The predicted molar refractivity (Wildman–Crippen MR) is 65.3 cm³/mol. The first-order valence-electron chi connectivity index (χ1n) is 6.54. The van der Waals surface area contributed by atoms with E-state index in [1.165, 1.54) is 6.42 Å². The molecule has 1 atom stereocenters. The smallest absolute Gasteiger partial charge is 0.222 e. The number of hydrogen-bond acceptors (Lipinski definition) is 3. The van der Waals surface area contributed by atoms with Gasteiger partial charge in [-0.15, -0.1) is 0 Å². The number of ether oxygens (including phenoxy) is 1. The Kier molecular flexibility index (Phi) is 6.64. The van der Waals surface area contributed by atoms with Crippen LogP contribution < -0.4 is 0 Å². The summed E-state index contributed by atoms with van der Waals surface area (Å²) in [5.74, 6) is 0.150. The number of nitriles is 1. The van der Waals surface area contributed by atoms with Gasteiger partial charge < -0.3 is 9.64 Å². The van der Waals surface area contributed by atoms with Gasteiger partial charge in [0.05, 0.1) is 18.6 Å². The van der Waals surface area contributed by atoms with Crippen molar-refractivity contribution >= 4 is 5.91 Å². The Morgan fingerprint density at radius 2 is 2.35 bits per heavy atom. The summed E-state index contributed by atoms with van der Waals surface area (Å²) in [6, 6.07) is 2.07. The summed E-state index contributed by atoms with van der Waals surface area (Å²) in [7, 11) is 0. The summed E-state index contributed by atoms with van der Waals surface area (Å²) in [6.45, 7) is 4.03. The van der Waals surface area contributed by atoms with Crippen LogP contribution in [0.1, 0.15) is 45.4 Å². The number of carbonyl (C=O) groups excluding carboxylic acids is 1. The van der Waals surface area contributed by atoms with Gasteiger partial charge in [-0.2, -0.15) is 5.26 Å². The first-order chi connectivity index (χ1) is 8.27. The quantitative estimate of drug-likeness (QED) is 0.712. The molecule has 1 aliphatic heterocycles. The normalized spacial score (nSPS) is 19.6. The zero-order valence-corrected chi connectivity index (χ0v) is 10.7. The van der Waals surface area contributed by atoms with Crippen LogP contribution in [0.15, 0.2) is 0 Å². The Balaban J connectivity index is 2.24. The van der Waals surface area contributed by atoms with Crippen molar-refractivity contribution in [2.75, 3.05) is 19.7 Å². The molecule has 0 N–H and O–H groups in total. The van der Waals surface area contributed by atoms with E-state index in [9.17, 15) is 4.79 Å². The molecule has 1 rings (SSSR count). The van der Waals surface area contributed by atoms with Gasteiger partial charge in [-0.3, -0.25) is 4.79 Å². The lowest BCUT2D eigenvalue weighted by Gasteiger charge is -2.24. The Morgan fingerprint density at radius 1 is 1.53 bits per heavy atom. The van der Waals surface area contributed by atoms with E-state index in [4.69, 9.17) is 10.00 Å². The van der Waals surface area contributed by atoms with Crippen LogP contribution in [-0.2, 0) is 9.53 Å². The molecule has 1 amide bonds. The molecular formula is C13H22N2O2. The first kappa shape index (κ1) is 14.0. The minimum absolute atomic E-state index is 0.150. The van der Waals surface area contributed by atoms with Crippen molar-refractivity contribution in [1.29, 1.82) is 5.26 Å². The molecule has 0 radical (unpaired) electrons. The van der Waals surface area contributed by atoms with E-state index in [-0.39, 0.29) is 12.0 Å². The van der Waals surface area contributed by atoms with Gasteiger partial charge in [-0.05, 0) is 32.6 Å². The number of nitrogens with zero attached hydrogens (tertiary/aromatic N) is 2. The maximum absolute atomic E-state index is 11.9. The number of carbonyl (C=O) groups is 1. The molecule has 0 saturated carbocycles. The summed E-state index contributed by atoms with van der Waals surface area (Å²) < 4.78 is 5.60. The van der Waals surface area contributed by atoms with Crippen molar-refractivity contribution in [3.63, 3.8) is 0 Å². The minimum atomic E-state index is 0.150. The molecule has 1 heterocycles. The van der Waals surface area contributed by atoms with Crippen molar-refractivity contribution in [1.82, 2.24) is 4.90 Å². The molecule has 0 aromatic heterocycles. The van der Waals surface area contributed by atoms with E-state index in [0.717, 1.165) is 25.9 Å². The van der Waals surface area contributed by atoms with E-state index in [2.05, 4.69) is 6.07 Å². The predicted octanol–water partition coefficient (Wildman–Crippen LogP) is 2.10. The van der Waals surface area contributed by atoms with Crippen molar-refractivity contribution in [2.45, 2.75) is 51.6 Å². The molecule has 17 heavy (non-hydrogen) atoms. The largest absolute Gasteiger partial charge is 0.378 e. The number of hydrogen-bond donors (Lipinski definition) is 0. The third-order valence-electron chi connectivity index (χ3n) is 3.18. The highest BCUT2D eigenvalue weighted by Gasteiger charge is 2.17. The van der Waals surface area contributed by atoms with Crippen molar-refractivity contribution in [3.8, 4) is 6.07 Å². The third-order valence-corrected chi connectivity index (χ3v) is 3.18. The summed E-state index contributed by atoms with van der Waals surface area (Å²) in [5, 5.41) is 8.52. The molecule has 0 spiro atoms. The Labute approximate surface area is 104 Å². The molecule has 1 saturated heterocycles. The van der Waals surface area contributed by atoms with Crippen LogP contribution in [0.3, 0.4) is 0 Å². The fourth-order valence-corrected chi connectivity index (χ4v) is 2.12. The van der Waals surface area contributed by atoms with Crippen LogP contribution in [0.5, 0.6) is 0 Å². The lowest BCUT2D eigenvalue weighted by atomic mass is 10.0. The molecule has 1 unspecified atom stereocenters. The van der Waals surface area contributed by atoms with Crippen LogP contribution in [0.25, 0.3) is 0 Å². The maximum atomic E-state index is 11.9. The SMILES string of the molecule is CCN(CCC#N)C(=O)CCC1CCCCO1. The standard InChI is InChI=1S/C13H22N2O2/c1-2-15(10-5-9-14)13(16)8-7-12-6-3-4-11-17-12/h12H,2-8,10-11H2,1H3.